The number of rotatable bonds is 4. The predicted octanol–water partition coefficient (Wildman–Crippen LogP) is 2.61. The molecule has 0 aliphatic carbocycles. The van der Waals surface area contributed by atoms with Gasteiger partial charge in [0, 0.05) is 24.5 Å². The number of halogens is 2. The average Bonchev–Trinajstić information content (AvgIpc) is 2.45. The molecule has 4 nitrogen and oxygen atoms in total. The molecule has 1 heterocycles. The molecule has 21 heavy (non-hydrogen) atoms. The summed E-state index contributed by atoms with van der Waals surface area (Å²) in [5.41, 5.74) is 1.70. The number of hydrogen-bond acceptors (Lipinski definition) is 3. The van der Waals surface area contributed by atoms with Crippen LogP contribution in [0.15, 0.2) is 30.6 Å². The number of methoxy groups -OCH3 is 1. The van der Waals surface area contributed by atoms with Crippen LogP contribution in [-0.2, 0) is 6.54 Å². The van der Waals surface area contributed by atoms with E-state index in [9.17, 15) is 13.6 Å². The zero-order valence-corrected chi connectivity index (χ0v) is 11.6. The van der Waals surface area contributed by atoms with E-state index in [0.29, 0.717) is 0 Å². The summed E-state index contributed by atoms with van der Waals surface area (Å²) in [7, 11) is 1.16. The van der Waals surface area contributed by atoms with Crippen LogP contribution in [0.2, 0.25) is 0 Å². The predicted molar refractivity (Wildman–Crippen MR) is 73.1 cm³/mol. The van der Waals surface area contributed by atoms with E-state index < -0.39 is 23.3 Å². The minimum absolute atomic E-state index is 0.104. The molecule has 110 valence electrons. The number of carbonyl (C=O) groups is 1. The zero-order chi connectivity index (χ0) is 15.4. The topological polar surface area (TPSA) is 51.2 Å². The highest BCUT2D eigenvalue weighted by atomic mass is 19.1. The largest absolute Gasteiger partial charge is 0.491 e. The maximum atomic E-state index is 13.5. The third-order valence-electron chi connectivity index (χ3n) is 3.05. The second-order valence-corrected chi connectivity index (χ2v) is 4.46. The molecular formula is C15H14F2N2O2. The Balaban J connectivity index is 2.13. The van der Waals surface area contributed by atoms with Crippen molar-refractivity contribution in [2.24, 2.45) is 0 Å². The van der Waals surface area contributed by atoms with Crippen molar-refractivity contribution < 1.29 is 18.3 Å². The number of nitrogens with zero attached hydrogens (tertiary/aromatic N) is 1. The SMILES string of the molecule is COc1c(F)cc(C(=O)NCc2cnccc2C)cc1F. The van der Waals surface area contributed by atoms with E-state index >= 15 is 0 Å². The zero-order valence-electron chi connectivity index (χ0n) is 11.6. The first kappa shape index (κ1) is 14.9. The van der Waals surface area contributed by atoms with Gasteiger partial charge in [-0.2, -0.15) is 0 Å². The van der Waals surface area contributed by atoms with Crippen LogP contribution in [0.25, 0.3) is 0 Å². The van der Waals surface area contributed by atoms with Gasteiger partial charge in [0.05, 0.1) is 7.11 Å². The van der Waals surface area contributed by atoms with Gasteiger partial charge in [-0.05, 0) is 36.2 Å². The summed E-state index contributed by atoms with van der Waals surface area (Å²) in [4.78, 5) is 15.9. The monoisotopic (exact) mass is 292 g/mol. The van der Waals surface area contributed by atoms with Crippen molar-refractivity contribution in [3.05, 3.63) is 58.9 Å². The van der Waals surface area contributed by atoms with Crippen LogP contribution in [0.1, 0.15) is 21.5 Å². The van der Waals surface area contributed by atoms with E-state index in [4.69, 9.17) is 0 Å². The van der Waals surface area contributed by atoms with Gasteiger partial charge in [-0.1, -0.05) is 0 Å². The van der Waals surface area contributed by atoms with E-state index in [-0.39, 0.29) is 12.1 Å². The molecule has 1 amide bonds. The highest BCUT2D eigenvalue weighted by Crippen LogP contribution is 2.22. The van der Waals surface area contributed by atoms with Crippen molar-refractivity contribution in [2.75, 3.05) is 7.11 Å². The van der Waals surface area contributed by atoms with Crippen molar-refractivity contribution in [2.45, 2.75) is 13.5 Å². The maximum absolute atomic E-state index is 13.5. The van der Waals surface area contributed by atoms with Crippen molar-refractivity contribution in [3.63, 3.8) is 0 Å². The van der Waals surface area contributed by atoms with Crippen molar-refractivity contribution in [1.82, 2.24) is 10.3 Å². The lowest BCUT2D eigenvalue weighted by atomic mass is 10.1. The van der Waals surface area contributed by atoms with Gasteiger partial charge in [0.15, 0.2) is 17.4 Å². The number of aryl methyl sites for hydroxylation is 1. The summed E-state index contributed by atoms with van der Waals surface area (Å²) in [6.45, 7) is 2.11. The molecule has 0 aliphatic rings. The highest BCUT2D eigenvalue weighted by molar-refractivity contribution is 5.94. The van der Waals surface area contributed by atoms with Crippen LogP contribution in [0, 0.1) is 18.6 Å². The van der Waals surface area contributed by atoms with Gasteiger partial charge in [0.2, 0.25) is 0 Å². The number of benzene rings is 1. The van der Waals surface area contributed by atoms with Crippen LogP contribution in [0.3, 0.4) is 0 Å². The lowest BCUT2D eigenvalue weighted by molar-refractivity contribution is 0.0949. The molecule has 1 aromatic heterocycles. The van der Waals surface area contributed by atoms with Crippen molar-refractivity contribution >= 4 is 5.91 Å². The quantitative estimate of drug-likeness (QED) is 0.942. The number of nitrogens with one attached hydrogen (secondary N) is 1. The molecular weight excluding hydrogens is 278 g/mol. The molecule has 0 fully saturated rings. The second-order valence-electron chi connectivity index (χ2n) is 4.46. The smallest absolute Gasteiger partial charge is 0.251 e. The van der Waals surface area contributed by atoms with Gasteiger partial charge in [-0.3, -0.25) is 9.78 Å². The number of amides is 1. The summed E-state index contributed by atoms with van der Waals surface area (Å²) in [5, 5.41) is 2.59. The Labute approximate surface area is 120 Å². The molecule has 0 saturated heterocycles. The molecule has 0 spiro atoms. The fourth-order valence-corrected chi connectivity index (χ4v) is 1.85. The summed E-state index contributed by atoms with van der Waals surface area (Å²) in [6, 6.07) is 3.69. The first-order valence-corrected chi connectivity index (χ1v) is 6.23. The highest BCUT2D eigenvalue weighted by Gasteiger charge is 2.15. The number of ether oxygens (including phenoxy) is 1. The molecule has 0 unspecified atom stereocenters. The number of aromatic nitrogens is 1. The van der Waals surface area contributed by atoms with Gasteiger partial charge >= 0.3 is 0 Å². The van der Waals surface area contributed by atoms with Gasteiger partial charge in [-0.15, -0.1) is 0 Å². The standard InChI is InChI=1S/C15H14F2N2O2/c1-9-3-4-18-7-11(9)8-19-15(20)10-5-12(16)14(21-2)13(17)6-10/h3-7H,8H2,1-2H3,(H,19,20). The molecule has 0 aliphatic heterocycles. The Hall–Kier alpha value is -2.50. The van der Waals surface area contributed by atoms with E-state index in [1.807, 2.05) is 13.0 Å². The molecule has 0 saturated carbocycles. The van der Waals surface area contributed by atoms with E-state index in [1.165, 1.54) is 0 Å². The molecule has 1 aromatic carbocycles. The number of pyridine rings is 1. The van der Waals surface area contributed by atoms with Gasteiger partial charge in [0.1, 0.15) is 0 Å². The lowest BCUT2D eigenvalue weighted by Gasteiger charge is -2.09. The molecule has 0 atom stereocenters. The first-order chi connectivity index (χ1) is 10.0. The Morgan fingerprint density at radius 3 is 2.57 bits per heavy atom. The molecule has 1 N–H and O–H groups in total. The second kappa shape index (κ2) is 6.30. The van der Waals surface area contributed by atoms with Gasteiger partial charge < -0.3 is 10.1 Å². The summed E-state index contributed by atoms with van der Waals surface area (Å²) in [6.07, 6.45) is 3.28. The third kappa shape index (κ3) is 3.34. The summed E-state index contributed by atoms with van der Waals surface area (Å²) >= 11 is 0. The molecule has 2 rings (SSSR count). The molecule has 0 radical (unpaired) electrons. The number of hydrogen-bond donors (Lipinski definition) is 1. The summed E-state index contributed by atoms with van der Waals surface area (Å²) in [5.74, 6) is -2.91. The Morgan fingerprint density at radius 2 is 2.00 bits per heavy atom. The third-order valence-corrected chi connectivity index (χ3v) is 3.05. The average molecular weight is 292 g/mol. The maximum Gasteiger partial charge on any atom is 0.251 e. The van der Waals surface area contributed by atoms with E-state index in [0.717, 1.165) is 30.4 Å². The van der Waals surface area contributed by atoms with Gasteiger partial charge in [0.25, 0.3) is 5.91 Å². The fraction of sp³-hybridized carbons (Fsp3) is 0.200. The first-order valence-electron chi connectivity index (χ1n) is 6.23. The normalized spacial score (nSPS) is 10.3. The van der Waals surface area contributed by atoms with Gasteiger partial charge in [-0.25, -0.2) is 8.78 Å². The minimum atomic E-state index is -0.916. The Morgan fingerprint density at radius 1 is 1.33 bits per heavy atom. The number of carbonyl (C=O) groups excluding carboxylic acids is 1. The fourth-order valence-electron chi connectivity index (χ4n) is 1.85. The minimum Gasteiger partial charge on any atom is -0.491 e. The molecule has 6 heteroatoms. The lowest BCUT2D eigenvalue weighted by Crippen LogP contribution is -2.23. The van der Waals surface area contributed by atoms with E-state index in [2.05, 4.69) is 15.0 Å². The van der Waals surface area contributed by atoms with Crippen LogP contribution in [0.5, 0.6) is 5.75 Å². The summed E-state index contributed by atoms with van der Waals surface area (Å²) < 4.78 is 31.7. The van der Waals surface area contributed by atoms with Crippen LogP contribution >= 0.6 is 0 Å². The van der Waals surface area contributed by atoms with Crippen LogP contribution in [-0.4, -0.2) is 18.0 Å². The van der Waals surface area contributed by atoms with Crippen molar-refractivity contribution in [1.29, 1.82) is 0 Å². The van der Waals surface area contributed by atoms with Crippen molar-refractivity contribution in [3.8, 4) is 5.75 Å². The Bertz CT molecular complexity index is 651. The molecule has 2 aromatic rings. The molecule has 0 bridgehead atoms. The van der Waals surface area contributed by atoms with E-state index in [1.54, 1.807) is 12.4 Å². The Kier molecular flexibility index (Phi) is 4.47. The van der Waals surface area contributed by atoms with Crippen LogP contribution in [0.4, 0.5) is 8.78 Å². The van der Waals surface area contributed by atoms with Crippen LogP contribution < -0.4 is 10.1 Å².